The fourth-order valence-electron chi connectivity index (χ4n) is 5.52. The number of carbonyl (C=O) groups is 1. The standard InChI is InChI=1S/C34H46N2O9S2/c1-4-5-15-46(40)23-27-21-44-32-12-11-28(17-29(27)32)47(41,42)36(18-24(2)3)19-31(38)30(16-25-9-7-6-8-10-25)35-34(39)45-33-22-43-20-26(33)13-14-37/h5-12,15,17,21,24,26,30-31,33,37-38H,4,13-14,16,18-20,22-23H2,1-3H3,(H,35,39)/b15-5+/t26-,30+,31-,33?,46?/m1/s1. The normalized spacial score (nSPS) is 19.0. The van der Waals surface area contributed by atoms with Crippen molar-refractivity contribution in [1.29, 1.82) is 0 Å². The summed E-state index contributed by atoms with van der Waals surface area (Å²) in [4.78, 5) is 13.1. The quantitative estimate of drug-likeness (QED) is 0.188. The highest BCUT2D eigenvalue weighted by molar-refractivity contribution is 7.89. The van der Waals surface area contributed by atoms with E-state index in [1.54, 1.807) is 11.5 Å². The number of fused-ring (bicyclic) bond motifs is 1. The number of allylic oxidation sites excluding steroid dienone is 1. The molecule has 1 saturated heterocycles. The number of alkyl carbamates (subject to hydrolysis) is 1. The number of nitrogens with zero attached hydrogens (tertiary/aromatic N) is 1. The lowest BCUT2D eigenvalue weighted by atomic mass is 10.0. The lowest BCUT2D eigenvalue weighted by Gasteiger charge is -2.31. The summed E-state index contributed by atoms with van der Waals surface area (Å²) in [6.45, 7) is 6.06. The van der Waals surface area contributed by atoms with Crippen LogP contribution >= 0.6 is 0 Å². The zero-order valence-electron chi connectivity index (χ0n) is 27.1. The number of nitrogens with one attached hydrogen (secondary N) is 1. The number of aliphatic hydroxyl groups is 2. The number of benzene rings is 2. The van der Waals surface area contributed by atoms with Crippen LogP contribution in [0, 0.1) is 11.8 Å². The number of hydrogen-bond donors (Lipinski definition) is 3. The minimum atomic E-state index is -4.13. The molecule has 0 aliphatic carbocycles. The molecule has 2 aromatic carbocycles. The monoisotopic (exact) mass is 690 g/mol. The van der Waals surface area contributed by atoms with Crippen molar-refractivity contribution in [3.63, 3.8) is 0 Å². The Labute approximate surface area is 279 Å². The van der Waals surface area contributed by atoms with Crippen molar-refractivity contribution in [3.05, 3.63) is 77.4 Å². The van der Waals surface area contributed by atoms with Crippen molar-refractivity contribution in [2.45, 2.75) is 68.9 Å². The molecular formula is C34H46N2O9S2. The van der Waals surface area contributed by atoms with Crippen LogP contribution in [0.5, 0.6) is 0 Å². The fourth-order valence-corrected chi connectivity index (χ4v) is 8.20. The highest BCUT2D eigenvalue weighted by Gasteiger charge is 2.34. The SMILES string of the molecule is CC/C=C/S(=O)Cc1coc2ccc(S(=O)(=O)N(CC(C)C)C[C@@H](O)[C@H](Cc3ccccc3)NC(=O)OC3COC[C@H]3CCO)cc12. The number of ether oxygens (including phenoxy) is 2. The van der Waals surface area contributed by atoms with Gasteiger partial charge < -0.3 is 29.4 Å². The van der Waals surface area contributed by atoms with Crippen LogP contribution in [0.1, 0.15) is 44.7 Å². The van der Waals surface area contributed by atoms with Gasteiger partial charge in [-0.25, -0.2) is 13.2 Å². The Morgan fingerprint density at radius 2 is 1.94 bits per heavy atom. The van der Waals surface area contributed by atoms with E-state index in [1.165, 1.54) is 22.7 Å². The van der Waals surface area contributed by atoms with E-state index in [1.807, 2.05) is 57.2 Å². The average Bonchev–Trinajstić information content (AvgIpc) is 3.65. The van der Waals surface area contributed by atoms with Crippen LogP contribution in [0.25, 0.3) is 11.0 Å². The molecule has 1 aliphatic heterocycles. The molecule has 1 amide bonds. The predicted octanol–water partition coefficient (Wildman–Crippen LogP) is 4.35. The summed E-state index contributed by atoms with van der Waals surface area (Å²) in [5.74, 6) is -0.0388. The summed E-state index contributed by atoms with van der Waals surface area (Å²) in [6, 6.07) is 12.9. The molecule has 2 heterocycles. The zero-order chi connectivity index (χ0) is 34.0. The molecule has 4 rings (SSSR count). The van der Waals surface area contributed by atoms with Gasteiger partial charge in [0, 0.05) is 47.4 Å². The summed E-state index contributed by atoms with van der Waals surface area (Å²) >= 11 is 0. The number of rotatable bonds is 17. The molecular weight excluding hydrogens is 645 g/mol. The van der Waals surface area contributed by atoms with Crippen molar-refractivity contribution < 1.29 is 41.5 Å². The van der Waals surface area contributed by atoms with Gasteiger partial charge in [0.25, 0.3) is 0 Å². The van der Waals surface area contributed by atoms with Gasteiger partial charge in [0.1, 0.15) is 11.7 Å². The van der Waals surface area contributed by atoms with Gasteiger partial charge in [-0.05, 0) is 54.4 Å². The summed E-state index contributed by atoms with van der Waals surface area (Å²) in [5, 5.41) is 25.9. The molecule has 1 aromatic heterocycles. The van der Waals surface area contributed by atoms with Crippen LogP contribution in [-0.4, -0.2) is 84.4 Å². The first-order chi connectivity index (χ1) is 22.5. The molecule has 13 heteroatoms. The molecule has 11 nitrogen and oxygen atoms in total. The van der Waals surface area contributed by atoms with Crippen LogP contribution < -0.4 is 5.32 Å². The lowest BCUT2D eigenvalue weighted by Crippen LogP contribution is -2.51. The summed E-state index contributed by atoms with van der Waals surface area (Å²) in [5.41, 5.74) is 1.94. The molecule has 0 saturated carbocycles. The Bertz CT molecular complexity index is 1610. The number of carbonyl (C=O) groups excluding carboxylic acids is 1. The fraction of sp³-hybridized carbons (Fsp3) is 0.500. The molecule has 2 unspecified atom stereocenters. The van der Waals surface area contributed by atoms with Crippen molar-refractivity contribution in [3.8, 4) is 0 Å². The minimum absolute atomic E-state index is 0.0125. The third-order valence-electron chi connectivity index (χ3n) is 7.97. The largest absolute Gasteiger partial charge is 0.464 e. The second kappa shape index (κ2) is 17.4. The van der Waals surface area contributed by atoms with E-state index in [9.17, 15) is 27.6 Å². The van der Waals surface area contributed by atoms with Crippen molar-refractivity contribution in [2.75, 3.05) is 32.9 Å². The topological polar surface area (TPSA) is 156 Å². The molecule has 258 valence electrons. The molecule has 1 fully saturated rings. The van der Waals surface area contributed by atoms with E-state index < -0.39 is 45.2 Å². The van der Waals surface area contributed by atoms with Gasteiger partial charge in [0.2, 0.25) is 10.0 Å². The Balaban J connectivity index is 1.57. The predicted molar refractivity (Wildman–Crippen MR) is 180 cm³/mol. The second-order valence-corrected chi connectivity index (χ2v) is 15.5. The Morgan fingerprint density at radius 3 is 2.64 bits per heavy atom. The second-order valence-electron chi connectivity index (χ2n) is 12.2. The third kappa shape index (κ3) is 10.2. The van der Waals surface area contributed by atoms with E-state index in [4.69, 9.17) is 13.9 Å². The van der Waals surface area contributed by atoms with E-state index in [2.05, 4.69) is 5.32 Å². The van der Waals surface area contributed by atoms with E-state index in [-0.39, 0.29) is 55.2 Å². The first-order valence-corrected chi connectivity index (χ1v) is 18.8. The molecule has 1 aliphatic rings. The van der Waals surface area contributed by atoms with Crippen LogP contribution in [0.4, 0.5) is 4.79 Å². The lowest BCUT2D eigenvalue weighted by molar-refractivity contribution is 0.0527. The smallest absolute Gasteiger partial charge is 0.407 e. The maximum absolute atomic E-state index is 14.1. The average molecular weight is 691 g/mol. The number of aliphatic hydroxyl groups excluding tert-OH is 2. The van der Waals surface area contributed by atoms with Gasteiger partial charge >= 0.3 is 6.09 Å². The van der Waals surface area contributed by atoms with E-state index in [0.29, 0.717) is 29.6 Å². The van der Waals surface area contributed by atoms with E-state index in [0.717, 1.165) is 12.0 Å². The van der Waals surface area contributed by atoms with E-state index >= 15 is 0 Å². The molecule has 47 heavy (non-hydrogen) atoms. The molecule has 3 aromatic rings. The first-order valence-electron chi connectivity index (χ1n) is 15.9. The van der Waals surface area contributed by atoms with Crippen LogP contribution in [0.2, 0.25) is 0 Å². The highest BCUT2D eigenvalue weighted by Crippen LogP contribution is 2.28. The van der Waals surface area contributed by atoms with Crippen LogP contribution in [0.3, 0.4) is 0 Å². The number of amides is 1. The summed E-state index contributed by atoms with van der Waals surface area (Å²) < 4.78 is 58.7. The Morgan fingerprint density at radius 1 is 1.17 bits per heavy atom. The summed E-state index contributed by atoms with van der Waals surface area (Å²) in [7, 11) is -5.42. The Kier molecular flexibility index (Phi) is 13.6. The van der Waals surface area contributed by atoms with Gasteiger partial charge in [0.05, 0.1) is 42.3 Å². The maximum atomic E-state index is 14.1. The first kappa shape index (κ1) is 36.8. The van der Waals surface area contributed by atoms with Crippen LogP contribution in [0.15, 0.2) is 75.6 Å². The summed E-state index contributed by atoms with van der Waals surface area (Å²) in [6.07, 6.45) is 2.12. The number of sulfonamides is 1. The van der Waals surface area contributed by atoms with Gasteiger partial charge in [-0.3, -0.25) is 4.21 Å². The van der Waals surface area contributed by atoms with Crippen molar-refractivity contribution in [1.82, 2.24) is 9.62 Å². The third-order valence-corrected chi connectivity index (χ3v) is 10.9. The molecule has 0 bridgehead atoms. The maximum Gasteiger partial charge on any atom is 0.407 e. The van der Waals surface area contributed by atoms with Crippen molar-refractivity contribution in [2.24, 2.45) is 11.8 Å². The van der Waals surface area contributed by atoms with Gasteiger partial charge in [-0.1, -0.05) is 57.2 Å². The van der Waals surface area contributed by atoms with Crippen LogP contribution in [-0.2, 0) is 42.5 Å². The van der Waals surface area contributed by atoms with Gasteiger partial charge in [0.15, 0.2) is 0 Å². The molecule has 5 atom stereocenters. The van der Waals surface area contributed by atoms with Gasteiger partial charge in [-0.2, -0.15) is 4.31 Å². The van der Waals surface area contributed by atoms with Gasteiger partial charge in [-0.15, -0.1) is 0 Å². The Hall–Kier alpha value is -3.07. The minimum Gasteiger partial charge on any atom is -0.464 e. The zero-order valence-corrected chi connectivity index (χ0v) is 28.8. The van der Waals surface area contributed by atoms with Crippen molar-refractivity contribution >= 4 is 37.9 Å². The highest BCUT2D eigenvalue weighted by atomic mass is 32.2. The molecule has 0 spiro atoms. The molecule has 0 radical (unpaired) electrons. The number of hydrogen-bond acceptors (Lipinski definition) is 9. The number of furan rings is 1. The molecule has 3 N–H and O–H groups in total.